The Morgan fingerprint density at radius 3 is 2.79 bits per heavy atom. The van der Waals surface area contributed by atoms with E-state index in [0.29, 0.717) is 10.9 Å². The number of hydrogen-bond donors (Lipinski definition) is 1. The highest BCUT2D eigenvalue weighted by Crippen LogP contribution is 2.24. The lowest BCUT2D eigenvalue weighted by Gasteiger charge is -2.34. The second-order valence-corrected chi connectivity index (χ2v) is 7.72. The number of piperidine rings is 1. The zero-order chi connectivity index (χ0) is 17.1. The number of thiazole rings is 1. The van der Waals surface area contributed by atoms with Crippen LogP contribution in [0, 0.1) is 11.8 Å². The number of anilines is 1. The van der Waals surface area contributed by atoms with Gasteiger partial charge in [-0.25, -0.2) is 4.98 Å². The lowest BCUT2D eigenvalue weighted by molar-refractivity contribution is 0.0995. The minimum Gasteiger partial charge on any atom is -0.456 e. The Hall–Kier alpha value is -1.66. The maximum atomic E-state index is 12.2. The number of carbonyl (C=O) groups is 1. The van der Waals surface area contributed by atoms with Crippen molar-refractivity contribution in [2.24, 2.45) is 11.8 Å². The summed E-state index contributed by atoms with van der Waals surface area (Å²) in [6, 6.07) is 3.54. The molecule has 1 saturated heterocycles. The molecule has 3 rings (SSSR count). The Bertz CT molecular complexity index is 684. The monoisotopic (exact) mass is 347 g/mol. The van der Waals surface area contributed by atoms with Gasteiger partial charge in [0.05, 0.1) is 5.69 Å². The highest BCUT2D eigenvalue weighted by molar-refractivity contribution is 7.13. The number of hydrogen-bond acceptors (Lipinski definition) is 5. The maximum Gasteiger partial charge on any atom is 0.293 e. The molecule has 24 heavy (non-hydrogen) atoms. The summed E-state index contributed by atoms with van der Waals surface area (Å²) in [5, 5.41) is 5.48. The molecule has 3 heterocycles. The third-order valence-electron chi connectivity index (χ3n) is 4.34. The second-order valence-electron chi connectivity index (χ2n) is 6.86. The Kier molecular flexibility index (Phi) is 5.36. The number of carbonyl (C=O) groups excluding carboxylic acids is 1. The predicted octanol–water partition coefficient (Wildman–Crippen LogP) is 4.03. The molecule has 0 aromatic carbocycles. The molecular weight excluding hydrogens is 322 g/mol. The minimum atomic E-state index is -0.240. The van der Waals surface area contributed by atoms with Crippen LogP contribution in [0.15, 0.2) is 21.9 Å². The fourth-order valence-electron chi connectivity index (χ4n) is 3.44. The maximum absolute atomic E-state index is 12.2. The van der Waals surface area contributed by atoms with Crippen molar-refractivity contribution in [1.29, 1.82) is 0 Å². The lowest BCUT2D eigenvalue weighted by Crippen LogP contribution is -2.38. The van der Waals surface area contributed by atoms with E-state index < -0.39 is 0 Å². The highest BCUT2D eigenvalue weighted by Gasteiger charge is 2.22. The quantitative estimate of drug-likeness (QED) is 0.887. The first kappa shape index (κ1) is 17.2. The molecule has 5 nitrogen and oxygen atoms in total. The summed E-state index contributed by atoms with van der Waals surface area (Å²) in [5.41, 5.74) is 1.02. The Morgan fingerprint density at radius 1 is 1.38 bits per heavy atom. The molecule has 0 bridgehead atoms. The summed E-state index contributed by atoms with van der Waals surface area (Å²) in [5.74, 6) is 2.38. The zero-order valence-corrected chi connectivity index (χ0v) is 15.4. The smallest absolute Gasteiger partial charge is 0.293 e. The van der Waals surface area contributed by atoms with Crippen molar-refractivity contribution in [3.8, 4) is 0 Å². The molecule has 2 unspecified atom stereocenters. The molecule has 0 aliphatic carbocycles. The third kappa shape index (κ3) is 4.24. The van der Waals surface area contributed by atoms with E-state index in [1.165, 1.54) is 17.8 Å². The summed E-state index contributed by atoms with van der Waals surface area (Å²) in [7, 11) is 0. The summed E-state index contributed by atoms with van der Waals surface area (Å²) < 4.78 is 5.48. The standard InChI is InChI=1S/C18H25N3O2S/c1-4-15-5-6-16(23-15)17(22)20-18-19-14(11-24-18)10-21-8-12(2)7-13(3)9-21/h5-6,11-13H,4,7-10H2,1-3H3,(H,19,20,22). The van der Waals surface area contributed by atoms with Gasteiger partial charge in [-0.3, -0.25) is 15.0 Å². The second kappa shape index (κ2) is 7.49. The number of rotatable bonds is 5. The van der Waals surface area contributed by atoms with E-state index in [4.69, 9.17) is 4.42 Å². The van der Waals surface area contributed by atoms with Gasteiger partial charge in [0.15, 0.2) is 10.9 Å². The van der Waals surface area contributed by atoms with Gasteiger partial charge in [-0.1, -0.05) is 20.8 Å². The molecule has 0 radical (unpaired) electrons. The largest absolute Gasteiger partial charge is 0.456 e. The molecule has 1 fully saturated rings. The molecule has 2 aromatic heterocycles. The lowest BCUT2D eigenvalue weighted by atomic mass is 9.92. The fourth-order valence-corrected chi connectivity index (χ4v) is 4.13. The molecule has 0 saturated carbocycles. The van der Waals surface area contributed by atoms with Crippen molar-refractivity contribution in [2.45, 2.75) is 40.2 Å². The number of aromatic nitrogens is 1. The van der Waals surface area contributed by atoms with Crippen molar-refractivity contribution >= 4 is 22.4 Å². The molecule has 2 atom stereocenters. The first-order valence-corrected chi connectivity index (χ1v) is 9.48. The van der Waals surface area contributed by atoms with E-state index in [2.05, 4.69) is 29.0 Å². The van der Waals surface area contributed by atoms with Crippen LogP contribution >= 0.6 is 11.3 Å². The van der Waals surface area contributed by atoms with Crippen molar-refractivity contribution in [2.75, 3.05) is 18.4 Å². The molecule has 1 aliphatic heterocycles. The molecule has 1 N–H and O–H groups in total. The van der Waals surface area contributed by atoms with E-state index in [0.717, 1.165) is 49.3 Å². The number of nitrogens with one attached hydrogen (secondary N) is 1. The number of likely N-dealkylation sites (tertiary alicyclic amines) is 1. The van der Waals surface area contributed by atoms with Gasteiger partial charge in [0.1, 0.15) is 5.76 Å². The Labute approximate surface area is 147 Å². The van der Waals surface area contributed by atoms with Crippen LogP contribution in [0.4, 0.5) is 5.13 Å². The van der Waals surface area contributed by atoms with E-state index in [-0.39, 0.29) is 5.91 Å². The number of amides is 1. The van der Waals surface area contributed by atoms with Crippen molar-refractivity contribution in [3.63, 3.8) is 0 Å². The van der Waals surface area contributed by atoms with Crippen molar-refractivity contribution < 1.29 is 9.21 Å². The van der Waals surface area contributed by atoms with Crippen LogP contribution < -0.4 is 5.32 Å². The molecule has 130 valence electrons. The van der Waals surface area contributed by atoms with Crippen LogP contribution in [0.25, 0.3) is 0 Å². The molecule has 2 aromatic rings. The summed E-state index contributed by atoms with van der Waals surface area (Å²) in [6.45, 7) is 9.70. The van der Waals surface area contributed by atoms with Crippen molar-refractivity contribution in [3.05, 3.63) is 34.7 Å². The first-order chi connectivity index (χ1) is 11.5. The molecule has 1 aliphatic rings. The van der Waals surface area contributed by atoms with Gasteiger partial charge in [0.2, 0.25) is 0 Å². The fraction of sp³-hybridized carbons (Fsp3) is 0.556. The van der Waals surface area contributed by atoms with Gasteiger partial charge in [-0.2, -0.15) is 0 Å². The zero-order valence-electron chi connectivity index (χ0n) is 14.5. The van der Waals surface area contributed by atoms with Gasteiger partial charge < -0.3 is 4.42 Å². The number of furan rings is 1. The van der Waals surface area contributed by atoms with Crippen LogP contribution in [0.2, 0.25) is 0 Å². The number of nitrogens with zero attached hydrogens (tertiary/aromatic N) is 2. The molecular formula is C18H25N3O2S. The molecule has 1 amide bonds. The molecule has 0 spiro atoms. The highest BCUT2D eigenvalue weighted by atomic mass is 32.1. The van der Waals surface area contributed by atoms with E-state index in [9.17, 15) is 4.79 Å². The topological polar surface area (TPSA) is 58.4 Å². The third-order valence-corrected chi connectivity index (χ3v) is 5.14. The predicted molar refractivity (Wildman–Crippen MR) is 96.4 cm³/mol. The SMILES string of the molecule is CCc1ccc(C(=O)Nc2nc(CN3CC(C)CC(C)C3)cs2)o1. The van der Waals surface area contributed by atoms with Gasteiger partial charge in [-0.05, 0) is 30.4 Å². The van der Waals surface area contributed by atoms with Crippen LogP contribution in [0.3, 0.4) is 0 Å². The average Bonchev–Trinajstić information content (AvgIpc) is 3.15. The minimum absolute atomic E-state index is 0.240. The van der Waals surface area contributed by atoms with Crippen LogP contribution in [0.5, 0.6) is 0 Å². The first-order valence-electron chi connectivity index (χ1n) is 8.60. The summed E-state index contributed by atoms with van der Waals surface area (Å²) >= 11 is 1.46. The summed E-state index contributed by atoms with van der Waals surface area (Å²) in [4.78, 5) is 19.2. The Balaban J connectivity index is 1.58. The van der Waals surface area contributed by atoms with E-state index in [1.54, 1.807) is 6.07 Å². The van der Waals surface area contributed by atoms with Crippen LogP contribution in [-0.2, 0) is 13.0 Å². The van der Waals surface area contributed by atoms with Crippen LogP contribution in [-0.4, -0.2) is 28.9 Å². The van der Waals surface area contributed by atoms with Gasteiger partial charge in [0, 0.05) is 31.4 Å². The Morgan fingerprint density at radius 2 is 2.12 bits per heavy atom. The van der Waals surface area contributed by atoms with E-state index >= 15 is 0 Å². The number of aryl methyl sites for hydroxylation is 1. The van der Waals surface area contributed by atoms with Crippen LogP contribution in [0.1, 0.15) is 49.2 Å². The van der Waals surface area contributed by atoms with Gasteiger partial charge in [-0.15, -0.1) is 11.3 Å². The van der Waals surface area contributed by atoms with E-state index in [1.807, 2.05) is 18.4 Å². The van der Waals surface area contributed by atoms with Crippen molar-refractivity contribution in [1.82, 2.24) is 9.88 Å². The average molecular weight is 347 g/mol. The van der Waals surface area contributed by atoms with Gasteiger partial charge in [0.25, 0.3) is 5.91 Å². The van der Waals surface area contributed by atoms with Gasteiger partial charge >= 0.3 is 0 Å². The summed E-state index contributed by atoms with van der Waals surface area (Å²) in [6.07, 6.45) is 2.08. The normalized spacial score (nSPS) is 21.8. The molecule has 6 heteroatoms.